The van der Waals surface area contributed by atoms with Crippen LogP contribution in [0.15, 0.2) is 60.7 Å². The lowest BCUT2D eigenvalue weighted by molar-refractivity contribution is -0.122. The molecule has 0 aliphatic heterocycles. The molecule has 0 radical (unpaired) electrons. The molecule has 5 nitrogen and oxygen atoms in total. The Labute approximate surface area is 136 Å². The fourth-order valence-corrected chi connectivity index (χ4v) is 2.21. The minimum atomic E-state index is -0.598. The summed E-state index contributed by atoms with van der Waals surface area (Å²) in [6.45, 7) is 2.79. The van der Waals surface area contributed by atoms with Gasteiger partial charge in [0.05, 0.1) is 0 Å². The molecular formula is C18H21N3O2. The van der Waals surface area contributed by atoms with E-state index in [-0.39, 0.29) is 5.91 Å². The molecule has 0 saturated carbocycles. The number of rotatable bonds is 6. The van der Waals surface area contributed by atoms with E-state index in [2.05, 4.69) is 16.0 Å². The lowest BCUT2D eigenvalue weighted by atomic mass is 10.1. The number of carbonyl (C=O) groups excluding carboxylic acids is 2. The van der Waals surface area contributed by atoms with Crippen LogP contribution in [-0.4, -0.2) is 18.5 Å². The molecular weight excluding hydrogens is 290 g/mol. The van der Waals surface area contributed by atoms with Gasteiger partial charge in [-0.05, 0) is 18.1 Å². The fraction of sp³-hybridized carbons (Fsp3) is 0.222. The number of amides is 3. The van der Waals surface area contributed by atoms with Crippen molar-refractivity contribution in [3.8, 4) is 0 Å². The molecule has 2 rings (SSSR count). The van der Waals surface area contributed by atoms with Crippen molar-refractivity contribution < 1.29 is 9.59 Å². The highest BCUT2D eigenvalue weighted by atomic mass is 16.2. The van der Waals surface area contributed by atoms with Gasteiger partial charge in [-0.2, -0.15) is 0 Å². The minimum Gasteiger partial charge on any atom is -0.338 e. The smallest absolute Gasteiger partial charge is 0.321 e. The first-order valence-electron chi connectivity index (χ1n) is 7.61. The maximum atomic E-state index is 12.4. The maximum Gasteiger partial charge on any atom is 0.321 e. The number of hydrogen-bond donors (Lipinski definition) is 3. The van der Waals surface area contributed by atoms with Gasteiger partial charge in [-0.25, -0.2) is 4.79 Å². The van der Waals surface area contributed by atoms with Crippen LogP contribution in [0.4, 0.5) is 4.79 Å². The molecule has 0 heterocycles. The van der Waals surface area contributed by atoms with Gasteiger partial charge < -0.3 is 5.32 Å². The summed E-state index contributed by atoms with van der Waals surface area (Å²) in [5.74, 6) is -0.377. The first-order valence-corrected chi connectivity index (χ1v) is 7.61. The van der Waals surface area contributed by atoms with Gasteiger partial charge in [0.1, 0.15) is 6.04 Å². The first kappa shape index (κ1) is 16.7. The van der Waals surface area contributed by atoms with Crippen molar-refractivity contribution in [3.63, 3.8) is 0 Å². The summed E-state index contributed by atoms with van der Waals surface area (Å²) < 4.78 is 0. The zero-order chi connectivity index (χ0) is 16.5. The van der Waals surface area contributed by atoms with Crippen LogP contribution >= 0.6 is 0 Å². The first-order chi connectivity index (χ1) is 11.2. The Bertz CT molecular complexity index is 629. The van der Waals surface area contributed by atoms with Crippen molar-refractivity contribution in [3.05, 3.63) is 71.8 Å². The summed E-state index contributed by atoms with van der Waals surface area (Å²) in [4.78, 5) is 24.0. The Kier molecular flexibility index (Phi) is 6.32. The topological polar surface area (TPSA) is 70.2 Å². The van der Waals surface area contributed by atoms with Gasteiger partial charge in [0, 0.05) is 13.1 Å². The molecule has 1 atom stereocenters. The van der Waals surface area contributed by atoms with Crippen molar-refractivity contribution in [2.75, 3.05) is 6.54 Å². The van der Waals surface area contributed by atoms with E-state index < -0.39 is 12.1 Å². The third-order valence-corrected chi connectivity index (χ3v) is 3.32. The van der Waals surface area contributed by atoms with Gasteiger partial charge in [-0.1, -0.05) is 60.7 Å². The van der Waals surface area contributed by atoms with Crippen molar-refractivity contribution in [1.29, 1.82) is 0 Å². The molecule has 3 N–H and O–H groups in total. The monoisotopic (exact) mass is 311 g/mol. The number of hydrogen-bond acceptors (Lipinski definition) is 3. The second kappa shape index (κ2) is 8.70. The lowest BCUT2D eigenvalue weighted by Crippen LogP contribution is -2.44. The fourth-order valence-electron chi connectivity index (χ4n) is 2.21. The number of benzene rings is 2. The Balaban J connectivity index is 2.09. The highest BCUT2D eigenvalue weighted by molar-refractivity contribution is 5.97. The van der Waals surface area contributed by atoms with Crippen LogP contribution in [0.2, 0.25) is 0 Å². The van der Waals surface area contributed by atoms with Gasteiger partial charge in [0.2, 0.25) is 5.91 Å². The average Bonchev–Trinajstić information content (AvgIpc) is 2.57. The second-order valence-electron chi connectivity index (χ2n) is 5.06. The molecule has 2 aromatic carbocycles. The van der Waals surface area contributed by atoms with E-state index in [1.54, 1.807) is 6.92 Å². The summed E-state index contributed by atoms with van der Waals surface area (Å²) in [6.07, 6.45) is 0. The van der Waals surface area contributed by atoms with Crippen molar-refractivity contribution >= 4 is 11.9 Å². The molecule has 0 aliphatic carbocycles. The maximum absolute atomic E-state index is 12.4. The largest absolute Gasteiger partial charge is 0.338 e. The molecule has 0 unspecified atom stereocenters. The quantitative estimate of drug-likeness (QED) is 0.767. The molecule has 3 amide bonds. The number of carbonyl (C=O) groups is 2. The highest BCUT2D eigenvalue weighted by Gasteiger charge is 2.21. The zero-order valence-corrected chi connectivity index (χ0v) is 13.1. The van der Waals surface area contributed by atoms with Gasteiger partial charge >= 0.3 is 6.03 Å². The van der Waals surface area contributed by atoms with Crippen molar-refractivity contribution in [2.24, 2.45) is 0 Å². The van der Waals surface area contributed by atoms with E-state index in [0.717, 1.165) is 11.1 Å². The third-order valence-electron chi connectivity index (χ3n) is 3.32. The Morgan fingerprint density at radius 3 is 2.17 bits per heavy atom. The number of imide groups is 1. The van der Waals surface area contributed by atoms with Crippen LogP contribution in [0.5, 0.6) is 0 Å². The molecule has 2 aromatic rings. The summed E-state index contributed by atoms with van der Waals surface area (Å²) in [6, 6.07) is 18.1. The molecule has 0 aliphatic rings. The Hall–Kier alpha value is -2.66. The summed E-state index contributed by atoms with van der Waals surface area (Å²) in [5.41, 5.74) is 1.88. The molecule has 0 fully saturated rings. The van der Waals surface area contributed by atoms with Gasteiger partial charge in [-0.3, -0.25) is 15.4 Å². The highest BCUT2D eigenvalue weighted by Crippen LogP contribution is 2.14. The summed E-state index contributed by atoms with van der Waals surface area (Å²) >= 11 is 0. The second-order valence-corrected chi connectivity index (χ2v) is 5.06. The minimum absolute atomic E-state index is 0.377. The van der Waals surface area contributed by atoms with E-state index in [1.165, 1.54) is 0 Å². The Morgan fingerprint density at radius 2 is 1.57 bits per heavy atom. The predicted molar refractivity (Wildman–Crippen MR) is 89.7 cm³/mol. The van der Waals surface area contributed by atoms with E-state index in [9.17, 15) is 9.59 Å². The normalized spacial score (nSPS) is 11.5. The van der Waals surface area contributed by atoms with E-state index >= 15 is 0 Å². The van der Waals surface area contributed by atoms with E-state index in [0.29, 0.717) is 13.1 Å². The molecule has 0 bridgehead atoms. The number of nitrogens with one attached hydrogen (secondary N) is 3. The molecule has 120 valence electrons. The van der Waals surface area contributed by atoms with Crippen LogP contribution in [-0.2, 0) is 11.3 Å². The van der Waals surface area contributed by atoms with Gasteiger partial charge in [0.25, 0.3) is 0 Å². The van der Waals surface area contributed by atoms with Gasteiger partial charge in [0.15, 0.2) is 0 Å². The molecule has 23 heavy (non-hydrogen) atoms. The van der Waals surface area contributed by atoms with Crippen LogP contribution in [0.3, 0.4) is 0 Å². The zero-order valence-electron chi connectivity index (χ0n) is 13.1. The van der Waals surface area contributed by atoms with Crippen LogP contribution in [0.25, 0.3) is 0 Å². The number of urea groups is 1. The van der Waals surface area contributed by atoms with Crippen LogP contribution in [0.1, 0.15) is 24.1 Å². The molecule has 5 heteroatoms. The van der Waals surface area contributed by atoms with E-state index in [1.807, 2.05) is 60.7 Å². The SMILES string of the molecule is CCNC(=O)NC(=O)[C@H](NCc1ccccc1)c1ccccc1. The van der Waals surface area contributed by atoms with Crippen molar-refractivity contribution in [1.82, 2.24) is 16.0 Å². The standard InChI is InChI=1S/C18H21N3O2/c1-2-19-18(23)21-17(22)16(15-11-7-4-8-12-15)20-13-14-9-5-3-6-10-14/h3-12,16,20H,2,13H2,1H3,(H2,19,21,22,23)/t16-/m1/s1. The third kappa shape index (κ3) is 5.23. The van der Waals surface area contributed by atoms with Crippen LogP contribution in [0, 0.1) is 0 Å². The summed E-state index contributed by atoms with van der Waals surface area (Å²) in [7, 11) is 0. The molecule has 0 saturated heterocycles. The van der Waals surface area contributed by atoms with Gasteiger partial charge in [-0.15, -0.1) is 0 Å². The molecule has 0 spiro atoms. The van der Waals surface area contributed by atoms with Crippen LogP contribution < -0.4 is 16.0 Å². The Morgan fingerprint density at radius 1 is 0.957 bits per heavy atom. The lowest BCUT2D eigenvalue weighted by Gasteiger charge is -2.18. The predicted octanol–water partition coefficient (Wildman–Crippen LogP) is 2.36. The van der Waals surface area contributed by atoms with E-state index in [4.69, 9.17) is 0 Å². The van der Waals surface area contributed by atoms with Crippen molar-refractivity contribution in [2.45, 2.75) is 19.5 Å². The molecule has 0 aromatic heterocycles. The average molecular weight is 311 g/mol. The summed E-state index contributed by atoms with van der Waals surface area (Å²) in [5, 5.41) is 8.13.